The molecule has 17 heavy (non-hydrogen) atoms. The van der Waals surface area contributed by atoms with E-state index in [2.05, 4.69) is 43.1 Å². The van der Waals surface area contributed by atoms with Crippen LogP contribution in [0.15, 0.2) is 42.6 Å². The van der Waals surface area contributed by atoms with Crippen molar-refractivity contribution in [3.63, 3.8) is 0 Å². The summed E-state index contributed by atoms with van der Waals surface area (Å²) in [5.74, 6) is 0.659. The van der Waals surface area contributed by atoms with E-state index in [1.165, 1.54) is 5.56 Å². The Labute approximate surface area is 103 Å². The third-order valence-electron chi connectivity index (χ3n) is 2.68. The summed E-state index contributed by atoms with van der Waals surface area (Å²) in [6, 6.07) is 12.2. The number of nitrogen functional groups attached to an aromatic ring is 1. The second kappa shape index (κ2) is 5.00. The van der Waals surface area contributed by atoms with Crippen LogP contribution < -0.4 is 5.73 Å². The van der Waals surface area contributed by atoms with Gasteiger partial charge < -0.3 is 5.73 Å². The zero-order valence-corrected chi connectivity index (χ0v) is 10.4. The maximum atomic E-state index is 5.94. The van der Waals surface area contributed by atoms with Crippen LogP contribution in [0.3, 0.4) is 0 Å². The molecule has 0 aliphatic heterocycles. The quantitative estimate of drug-likeness (QED) is 0.869. The average Bonchev–Trinajstić information content (AvgIpc) is 2.29. The van der Waals surface area contributed by atoms with Gasteiger partial charge in [-0.3, -0.25) is 4.98 Å². The molecule has 0 aliphatic carbocycles. The fourth-order valence-electron chi connectivity index (χ4n) is 1.98. The van der Waals surface area contributed by atoms with Gasteiger partial charge in [0.1, 0.15) is 0 Å². The second-order valence-corrected chi connectivity index (χ2v) is 4.74. The molecule has 0 spiro atoms. The van der Waals surface area contributed by atoms with Crippen LogP contribution in [0.25, 0.3) is 11.3 Å². The van der Waals surface area contributed by atoms with Crippen LogP contribution in [0, 0.1) is 5.92 Å². The van der Waals surface area contributed by atoms with Gasteiger partial charge in [-0.1, -0.05) is 32.0 Å². The van der Waals surface area contributed by atoms with E-state index in [1.807, 2.05) is 12.1 Å². The first kappa shape index (κ1) is 11.6. The smallest absolute Gasteiger partial charge is 0.0931 e. The van der Waals surface area contributed by atoms with Crippen molar-refractivity contribution in [2.24, 2.45) is 5.92 Å². The molecule has 1 heterocycles. The molecule has 0 aliphatic rings. The van der Waals surface area contributed by atoms with Crippen LogP contribution >= 0.6 is 0 Å². The van der Waals surface area contributed by atoms with E-state index in [9.17, 15) is 0 Å². The van der Waals surface area contributed by atoms with E-state index < -0.39 is 0 Å². The van der Waals surface area contributed by atoms with E-state index in [1.54, 1.807) is 6.20 Å². The summed E-state index contributed by atoms with van der Waals surface area (Å²) in [4.78, 5) is 4.34. The molecule has 0 radical (unpaired) electrons. The van der Waals surface area contributed by atoms with E-state index in [0.717, 1.165) is 23.4 Å². The summed E-state index contributed by atoms with van der Waals surface area (Å²) in [5, 5.41) is 0. The lowest BCUT2D eigenvalue weighted by molar-refractivity contribution is 0.647. The summed E-state index contributed by atoms with van der Waals surface area (Å²) in [6.45, 7) is 4.45. The van der Waals surface area contributed by atoms with Crippen LogP contribution in [-0.2, 0) is 6.42 Å². The van der Waals surface area contributed by atoms with Crippen molar-refractivity contribution in [3.05, 3.63) is 48.2 Å². The molecule has 0 unspecified atom stereocenters. The predicted octanol–water partition coefficient (Wildman–Crippen LogP) is 3.53. The highest BCUT2D eigenvalue weighted by atomic mass is 14.7. The van der Waals surface area contributed by atoms with Gasteiger partial charge in [-0.15, -0.1) is 0 Å². The van der Waals surface area contributed by atoms with Gasteiger partial charge in [-0.05, 0) is 36.1 Å². The van der Waals surface area contributed by atoms with Crippen molar-refractivity contribution < 1.29 is 0 Å². The number of rotatable bonds is 3. The molecule has 0 bridgehead atoms. The third kappa shape index (κ3) is 2.84. The van der Waals surface area contributed by atoms with Gasteiger partial charge in [0.25, 0.3) is 0 Å². The Morgan fingerprint density at radius 3 is 2.71 bits per heavy atom. The van der Waals surface area contributed by atoms with Gasteiger partial charge in [-0.2, -0.15) is 0 Å². The molecule has 1 aromatic carbocycles. The Hall–Kier alpha value is -1.83. The van der Waals surface area contributed by atoms with E-state index in [-0.39, 0.29) is 0 Å². The van der Waals surface area contributed by atoms with E-state index in [0.29, 0.717) is 5.92 Å². The van der Waals surface area contributed by atoms with Gasteiger partial charge in [0.15, 0.2) is 0 Å². The lowest BCUT2D eigenvalue weighted by atomic mass is 9.99. The third-order valence-corrected chi connectivity index (χ3v) is 2.68. The van der Waals surface area contributed by atoms with E-state index >= 15 is 0 Å². The Morgan fingerprint density at radius 1 is 1.18 bits per heavy atom. The minimum absolute atomic E-state index is 0.659. The fraction of sp³-hybridized carbons (Fsp3) is 0.267. The standard InChI is InChI=1S/C15H18N2/c1-11(2)9-12-5-3-6-13(10-12)15-14(16)7-4-8-17-15/h3-8,10-11H,9,16H2,1-2H3. The molecule has 1 aromatic heterocycles. The highest BCUT2D eigenvalue weighted by molar-refractivity contribution is 5.72. The van der Waals surface area contributed by atoms with Crippen LogP contribution in [0.5, 0.6) is 0 Å². The molecular weight excluding hydrogens is 208 g/mol. The number of nitrogens with two attached hydrogens (primary N) is 1. The Morgan fingerprint density at radius 2 is 2.00 bits per heavy atom. The summed E-state index contributed by atoms with van der Waals surface area (Å²) < 4.78 is 0. The molecule has 2 N–H and O–H groups in total. The number of aromatic nitrogens is 1. The monoisotopic (exact) mass is 226 g/mol. The van der Waals surface area contributed by atoms with Crippen LogP contribution in [-0.4, -0.2) is 4.98 Å². The maximum Gasteiger partial charge on any atom is 0.0931 e. The normalized spacial score (nSPS) is 10.8. The summed E-state index contributed by atoms with van der Waals surface area (Å²) >= 11 is 0. The number of hydrogen-bond acceptors (Lipinski definition) is 2. The number of nitrogens with zero attached hydrogens (tertiary/aromatic N) is 1. The predicted molar refractivity (Wildman–Crippen MR) is 72.6 cm³/mol. The van der Waals surface area contributed by atoms with Gasteiger partial charge >= 0.3 is 0 Å². The summed E-state index contributed by atoms with van der Waals surface area (Å²) in [6.07, 6.45) is 2.86. The molecule has 0 amide bonds. The Balaban J connectivity index is 2.37. The first-order valence-corrected chi connectivity index (χ1v) is 5.96. The van der Waals surface area contributed by atoms with Gasteiger partial charge in [0, 0.05) is 11.8 Å². The topological polar surface area (TPSA) is 38.9 Å². The number of pyridine rings is 1. The minimum Gasteiger partial charge on any atom is -0.397 e. The highest BCUT2D eigenvalue weighted by Crippen LogP contribution is 2.24. The van der Waals surface area contributed by atoms with Gasteiger partial charge in [0.05, 0.1) is 11.4 Å². The van der Waals surface area contributed by atoms with Gasteiger partial charge in [0.2, 0.25) is 0 Å². The number of hydrogen-bond donors (Lipinski definition) is 1. The van der Waals surface area contributed by atoms with Crippen LogP contribution in [0.1, 0.15) is 19.4 Å². The number of benzene rings is 1. The van der Waals surface area contributed by atoms with Crippen molar-refractivity contribution in [1.82, 2.24) is 4.98 Å². The Kier molecular flexibility index (Phi) is 3.43. The van der Waals surface area contributed by atoms with Gasteiger partial charge in [-0.25, -0.2) is 0 Å². The molecule has 0 saturated heterocycles. The van der Waals surface area contributed by atoms with Crippen molar-refractivity contribution >= 4 is 5.69 Å². The number of anilines is 1. The molecular formula is C15H18N2. The lowest BCUT2D eigenvalue weighted by Crippen LogP contribution is -1.96. The molecule has 2 nitrogen and oxygen atoms in total. The van der Waals surface area contributed by atoms with Crippen molar-refractivity contribution in [2.75, 3.05) is 5.73 Å². The van der Waals surface area contributed by atoms with Crippen LogP contribution in [0.2, 0.25) is 0 Å². The molecule has 88 valence electrons. The first-order valence-electron chi connectivity index (χ1n) is 5.96. The lowest BCUT2D eigenvalue weighted by Gasteiger charge is -2.08. The molecule has 0 fully saturated rings. The van der Waals surface area contributed by atoms with Crippen molar-refractivity contribution in [2.45, 2.75) is 20.3 Å². The zero-order valence-electron chi connectivity index (χ0n) is 10.4. The molecule has 2 aromatic rings. The van der Waals surface area contributed by atoms with E-state index in [4.69, 9.17) is 5.73 Å². The first-order chi connectivity index (χ1) is 8.16. The fourth-order valence-corrected chi connectivity index (χ4v) is 1.98. The summed E-state index contributed by atoms with van der Waals surface area (Å²) in [5.41, 5.74) is 9.98. The molecule has 0 atom stereocenters. The second-order valence-electron chi connectivity index (χ2n) is 4.74. The van der Waals surface area contributed by atoms with Crippen LogP contribution in [0.4, 0.5) is 5.69 Å². The van der Waals surface area contributed by atoms with Crippen molar-refractivity contribution in [1.29, 1.82) is 0 Å². The van der Waals surface area contributed by atoms with Crippen molar-refractivity contribution in [3.8, 4) is 11.3 Å². The molecule has 0 saturated carbocycles. The minimum atomic E-state index is 0.659. The molecule has 2 heteroatoms. The average molecular weight is 226 g/mol. The maximum absolute atomic E-state index is 5.94. The highest BCUT2D eigenvalue weighted by Gasteiger charge is 2.05. The Bertz CT molecular complexity index is 504. The largest absolute Gasteiger partial charge is 0.397 e. The molecule has 2 rings (SSSR count). The SMILES string of the molecule is CC(C)Cc1cccc(-c2ncccc2N)c1. The zero-order chi connectivity index (χ0) is 12.3. The summed E-state index contributed by atoms with van der Waals surface area (Å²) in [7, 11) is 0.